The van der Waals surface area contributed by atoms with Crippen LogP contribution in [-0.2, 0) is 0 Å². The van der Waals surface area contributed by atoms with Crippen LogP contribution >= 0.6 is 0 Å². The lowest BCUT2D eigenvalue weighted by Crippen LogP contribution is -1.99. The number of nitro benzene ring substituents is 1. The van der Waals surface area contributed by atoms with Gasteiger partial charge >= 0.3 is 5.69 Å². The van der Waals surface area contributed by atoms with Gasteiger partial charge in [-0.2, -0.15) is 0 Å². The molecular weight excluding hydrogens is 272 g/mol. The second-order valence-electron chi connectivity index (χ2n) is 4.42. The molecule has 3 aromatic rings. The summed E-state index contributed by atoms with van der Waals surface area (Å²) in [4.78, 5) is 30.9. The highest BCUT2D eigenvalue weighted by Crippen LogP contribution is 2.18. The normalized spacial score (nSPS) is 11.2. The average molecular weight is 282 g/mol. The van der Waals surface area contributed by atoms with Crippen molar-refractivity contribution in [2.24, 2.45) is 4.99 Å². The number of fused-ring (bicyclic) bond motifs is 1. The zero-order valence-corrected chi connectivity index (χ0v) is 10.7. The SMILES string of the molecule is O=c1[nH]c2ccc(/N=C/c3ccc([N+](=O)[O-])cc3)cc2[nH]1. The molecule has 0 radical (unpaired) electrons. The number of hydrogen-bond acceptors (Lipinski definition) is 4. The predicted molar refractivity (Wildman–Crippen MR) is 79.3 cm³/mol. The van der Waals surface area contributed by atoms with Crippen molar-refractivity contribution in [3.63, 3.8) is 0 Å². The Kier molecular flexibility index (Phi) is 3.07. The Labute approximate surface area is 118 Å². The summed E-state index contributed by atoms with van der Waals surface area (Å²) in [5, 5.41) is 10.6. The highest BCUT2D eigenvalue weighted by atomic mass is 16.6. The number of aliphatic imine (C=N–C) groups is 1. The maximum atomic E-state index is 11.2. The summed E-state index contributed by atoms with van der Waals surface area (Å²) in [5.41, 5.74) is 2.60. The molecule has 1 aromatic heterocycles. The molecule has 1 heterocycles. The first-order valence-corrected chi connectivity index (χ1v) is 6.12. The quantitative estimate of drug-likeness (QED) is 0.438. The van der Waals surface area contributed by atoms with Crippen LogP contribution in [0.3, 0.4) is 0 Å². The smallest absolute Gasteiger partial charge is 0.306 e. The summed E-state index contributed by atoms with van der Waals surface area (Å²) in [7, 11) is 0. The zero-order valence-electron chi connectivity index (χ0n) is 10.7. The van der Waals surface area contributed by atoms with Crippen molar-refractivity contribution in [3.05, 3.63) is 68.6 Å². The van der Waals surface area contributed by atoms with Crippen LogP contribution in [0.1, 0.15) is 5.56 Å². The van der Waals surface area contributed by atoms with E-state index in [0.717, 1.165) is 5.56 Å². The van der Waals surface area contributed by atoms with E-state index in [1.54, 1.807) is 36.5 Å². The molecule has 0 aliphatic carbocycles. The number of hydrogen-bond donors (Lipinski definition) is 2. The highest BCUT2D eigenvalue weighted by molar-refractivity contribution is 5.84. The van der Waals surface area contributed by atoms with Crippen LogP contribution in [-0.4, -0.2) is 21.1 Å². The Hall–Kier alpha value is -3.22. The Morgan fingerprint density at radius 2 is 1.76 bits per heavy atom. The minimum atomic E-state index is -0.447. The number of nitro groups is 1. The third-order valence-electron chi connectivity index (χ3n) is 2.97. The standard InChI is InChI=1S/C14H10N4O3/c19-14-16-12-6-3-10(7-13(12)17-14)15-8-9-1-4-11(5-2-9)18(20)21/h1-8H,(H2,16,17,19)/b15-8+. The predicted octanol–water partition coefficient (Wildman–Crippen LogP) is 2.51. The Morgan fingerprint density at radius 3 is 2.48 bits per heavy atom. The van der Waals surface area contributed by atoms with Gasteiger partial charge in [-0.25, -0.2) is 4.79 Å². The van der Waals surface area contributed by atoms with Gasteiger partial charge in [-0.15, -0.1) is 0 Å². The van der Waals surface area contributed by atoms with Crippen LogP contribution in [0.15, 0.2) is 52.3 Å². The van der Waals surface area contributed by atoms with E-state index in [0.29, 0.717) is 16.7 Å². The molecule has 0 bridgehead atoms. The maximum Gasteiger partial charge on any atom is 0.323 e. The van der Waals surface area contributed by atoms with E-state index >= 15 is 0 Å². The van der Waals surface area contributed by atoms with Crippen molar-refractivity contribution >= 4 is 28.6 Å². The van der Waals surface area contributed by atoms with Gasteiger partial charge in [0.2, 0.25) is 0 Å². The molecule has 7 heteroatoms. The summed E-state index contributed by atoms with van der Waals surface area (Å²) in [5.74, 6) is 0. The molecule has 21 heavy (non-hydrogen) atoms. The van der Waals surface area contributed by atoms with Crippen LogP contribution in [0.25, 0.3) is 11.0 Å². The third kappa shape index (κ3) is 2.71. The Balaban J connectivity index is 1.86. The molecule has 0 saturated heterocycles. The summed E-state index contributed by atoms with van der Waals surface area (Å²) in [6.07, 6.45) is 1.61. The van der Waals surface area contributed by atoms with Crippen molar-refractivity contribution < 1.29 is 4.92 Å². The van der Waals surface area contributed by atoms with Crippen molar-refractivity contribution in [1.29, 1.82) is 0 Å². The van der Waals surface area contributed by atoms with Crippen LogP contribution in [0.5, 0.6) is 0 Å². The summed E-state index contributed by atoms with van der Waals surface area (Å²) in [6, 6.07) is 11.4. The topological polar surface area (TPSA) is 104 Å². The van der Waals surface area contributed by atoms with E-state index in [4.69, 9.17) is 0 Å². The lowest BCUT2D eigenvalue weighted by molar-refractivity contribution is -0.384. The van der Waals surface area contributed by atoms with Gasteiger partial charge in [0, 0.05) is 18.3 Å². The molecule has 0 unspecified atom stereocenters. The van der Waals surface area contributed by atoms with Crippen molar-refractivity contribution in [3.8, 4) is 0 Å². The van der Waals surface area contributed by atoms with E-state index in [1.165, 1.54) is 12.1 Å². The maximum absolute atomic E-state index is 11.2. The summed E-state index contributed by atoms with van der Waals surface area (Å²) < 4.78 is 0. The second-order valence-corrected chi connectivity index (χ2v) is 4.42. The summed E-state index contributed by atoms with van der Waals surface area (Å²) in [6.45, 7) is 0. The number of aromatic amines is 2. The fourth-order valence-electron chi connectivity index (χ4n) is 1.93. The van der Waals surface area contributed by atoms with E-state index < -0.39 is 4.92 Å². The molecule has 0 aliphatic heterocycles. The molecule has 0 atom stereocenters. The van der Waals surface area contributed by atoms with Crippen molar-refractivity contribution in [1.82, 2.24) is 9.97 Å². The molecule has 2 N–H and O–H groups in total. The number of nitrogens with zero attached hydrogens (tertiary/aromatic N) is 2. The number of imidazole rings is 1. The molecule has 2 aromatic carbocycles. The number of rotatable bonds is 3. The van der Waals surface area contributed by atoms with E-state index in [1.807, 2.05) is 0 Å². The fourth-order valence-corrected chi connectivity index (χ4v) is 1.93. The number of nitrogens with one attached hydrogen (secondary N) is 2. The van der Waals surface area contributed by atoms with E-state index in [-0.39, 0.29) is 11.4 Å². The first-order chi connectivity index (χ1) is 10.1. The van der Waals surface area contributed by atoms with Crippen LogP contribution < -0.4 is 5.69 Å². The van der Waals surface area contributed by atoms with E-state index in [9.17, 15) is 14.9 Å². The van der Waals surface area contributed by atoms with Crippen LogP contribution in [0, 0.1) is 10.1 Å². The molecule has 104 valence electrons. The fraction of sp³-hybridized carbons (Fsp3) is 0. The third-order valence-corrected chi connectivity index (χ3v) is 2.97. The van der Waals surface area contributed by atoms with Gasteiger partial charge in [0.15, 0.2) is 0 Å². The number of benzene rings is 2. The molecule has 0 saturated carbocycles. The minimum absolute atomic E-state index is 0.0402. The number of aromatic nitrogens is 2. The van der Waals surface area contributed by atoms with Crippen LogP contribution in [0.4, 0.5) is 11.4 Å². The first kappa shape index (κ1) is 12.8. The minimum Gasteiger partial charge on any atom is -0.306 e. The molecular formula is C14H10N4O3. The number of H-pyrrole nitrogens is 2. The molecule has 7 nitrogen and oxygen atoms in total. The summed E-state index contributed by atoms with van der Waals surface area (Å²) >= 11 is 0. The molecule has 0 aliphatic rings. The first-order valence-electron chi connectivity index (χ1n) is 6.12. The van der Waals surface area contributed by atoms with Gasteiger partial charge in [0.25, 0.3) is 5.69 Å². The Morgan fingerprint density at radius 1 is 1.05 bits per heavy atom. The molecule has 0 fully saturated rings. The van der Waals surface area contributed by atoms with E-state index in [2.05, 4.69) is 15.0 Å². The van der Waals surface area contributed by atoms with Crippen molar-refractivity contribution in [2.75, 3.05) is 0 Å². The largest absolute Gasteiger partial charge is 0.323 e. The average Bonchev–Trinajstić information content (AvgIpc) is 2.84. The highest BCUT2D eigenvalue weighted by Gasteiger charge is 2.02. The lowest BCUT2D eigenvalue weighted by Gasteiger charge is -1.95. The second kappa shape index (κ2) is 5.04. The van der Waals surface area contributed by atoms with Crippen molar-refractivity contribution in [2.45, 2.75) is 0 Å². The van der Waals surface area contributed by atoms with Gasteiger partial charge in [-0.3, -0.25) is 15.1 Å². The zero-order chi connectivity index (χ0) is 14.8. The lowest BCUT2D eigenvalue weighted by atomic mass is 10.2. The Bertz CT molecular complexity index is 890. The molecule has 0 amide bonds. The van der Waals surface area contributed by atoms with Gasteiger partial charge in [-0.1, -0.05) is 0 Å². The monoisotopic (exact) mass is 282 g/mol. The van der Waals surface area contributed by atoms with Gasteiger partial charge in [0.05, 0.1) is 21.6 Å². The molecule has 3 rings (SSSR count). The van der Waals surface area contributed by atoms with Gasteiger partial charge < -0.3 is 9.97 Å². The number of non-ortho nitro benzene ring substituents is 1. The van der Waals surface area contributed by atoms with Crippen LogP contribution in [0.2, 0.25) is 0 Å². The molecule has 0 spiro atoms. The van der Waals surface area contributed by atoms with Gasteiger partial charge in [-0.05, 0) is 35.9 Å². The van der Waals surface area contributed by atoms with Gasteiger partial charge in [0.1, 0.15) is 0 Å².